The Hall–Kier alpha value is -1.42. The number of benzene rings is 1. The molecule has 1 amide bonds. The third-order valence-corrected chi connectivity index (χ3v) is 4.89. The van der Waals surface area contributed by atoms with Crippen LogP contribution in [0, 0.1) is 17.2 Å². The van der Waals surface area contributed by atoms with Crippen molar-refractivity contribution in [3.8, 4) is 0 Å². The van der Waals surface area contributed by atoms with E-state index in [1.807, 2.05) is 0 Å². The number of fused-ring (bicyclic) bond motifs is 1. The van der Waals surface area contributed by atoms with Gasteiger partial charge in [0.1, 0.15) is 5.82 Å². The fraction of sp³-hybridized carbons (Fsp3) is 0.562. The molecule has 0 aromatic heterocycles. The van der Waals surface area contributed by atoms with E-state index in [1.54, 1.807) is 18.2 Å². The fourth-order valence-corrected chi connectivity index (χ4v) is 3.68. The average Bonchev–Trinajstić information content (AvgIpc) is 2.91. The van der Waals surface area contributed by atoms with Gasteiger partial charge >= 0.3 is 0 Å². The summed E-state index contributed by atoms with van der Waals surface area (Å²) in [6.45, 7) is 1.98. The molecule has 1 aromatic carbocycles. The van der Waals surface area contributed by atoms with Gasteiger partial charge in [-0.1, -0.05) is 31.0 Å². The Bertz CT molecular complexity index is 505. The van der Waals surface area contributed by atoms with Gasteiger partial charge in [0.05, 0.1) is 5.41 Å². The number of carbonyl (C=O) groups is 1. The third-order valence-electron chi connectivity index (χ3n) is 4.89. The molecule has 0 unspecified atom stereocenters. The molecule has 3 rings (SSSR count). The molecule has 108 valence electrons. The predicted octanol–water partition coefficient (Wildman–Crippen LogP) is 2.22. The van der Waals surface area contributed by atoms with Crippen LogP contribution >= 0.6 is 0 Å². The first-order chi connectivity index (χ1) is 9.72. The predicted molar refractivity (Wildman–Crippen MR) is 75.5 cm³/mol. The number of halogens is 1. The van der Waals surface area contributed by atoms with Crippen molar-refractivity contribution in [2.45, 2.75) is 32.2 Å². The van der Waals surface area contributed by atoms with Crippen molar-refractivity contribution in [3.05, 3.63) is 35.6 Å². The highest BCUT2D eigenvalue weighted by Gasteiger charge is 2.49. The topological polar surface area (TPSA) is 41.1 Å². The van der Waals surface area contributed by atoms with E-state index in [4.69, 9.17) is 0 Å². The van der Waals surface area contributed by atoms with E-state index in [0.29, 0.717) is 11.5 Å². The Kier molecular flexibility index (Phi) is 3.74. The summed E-state index contributed by atoms with van der Waals surface area (Å²) in [6, 6.07) is 6.61. The second-order valence-electron chi connectivity index (χ2n) is 6.00. The lowest BCUT2D eigenvalue weighted by atomic mass is 9.67. The van der Waals surface area contributed by atoms with E-state index in [2.05, 4.69) is 10.6 Å². The van der Waals surface area contributed by atoms with Crippen LogP contribution in [0.25, 0.3) is 0 Å². The lowest BCUT2D eigenvalue weighted by molar-refractivity contribution is -0.134. The van der Waals surface area contributed by atoms with Gasteiger partial charge in [-0.25, -0.2) is 4.39 Å². The molecule has 1 heterocycles. The smallest absolute Gasteiger partial charge is 0.228 e. The van der Waals surface area contributed by atoms with Crippen molar-refractivity contribution in [1.29, 1.82) is 0 Å². The summed E-state index contributed by atoms with van der Waals surface area (Å²) in [6.07, 6.45) is 4.41. The summed E-state index contributed by atoms with van der Waals surface area (Å²) in [5.74, 6) is 0.280. The van der Waals surface area contributed by atoms with Crippen molar-refractivity contribution < 1.29 is 9.18 Å². The molecule has 4 heteroatoms. The molecule has 1 aliphatic heterocycles. The summed E-state index contributed by atoms with van der Waals surface area (Å²) in [5.41, 5.74) is 0.291. The van der Waals surface area contributed by atoms with Gasteiger partial charge in [0.15, 0.2) is 0 Å². The van der Waals surface area contributed by atoms with Gasteiger partial charge in [-0.3, -0.25) is 4.79 Å². The lowest BCUT2D eigenvalue weighted by Gasteiger charge is -2.37. The van der Waals surface area contributed by atoms with Crippen molar-refractivity contribution >= 4 is 5.91 Å². The zero-order valence-electron chi connectivity index (χ0n) is 11.6. The minimum absolute atomic E-state index is 0.0930. The maximum Gasteiger partial charge on any atom is 0.228 e. The molecule has 1 saturated heterocycles. The Morgan fingerprint density at radius 1 is 1.40 bits per heavy atom. The maximum atomic E-state index is 13.6. The fourth-order valence-electron chi connectivity index (χ4n) is 3.68. The maximum absolute atomic E-state index is 13.6. The summed E-state index contributed by atoms with van der Waals surface area (Å²) < 4.78 is 13.6. The van der Waals surface area contributed by atoms with E-state index < -0.39 is 0 Å². The largest absolute Gasteiger partial charge is 0.351 e. The standard InChI is InChI=1S/C16H21FN2O/c17-14-7-2-1-5-12(14)9-19-15(20)16-8-4-3-6-13(16)10-18-11-16/h1-2,5,7,13,18H,3-4,6,8-11H2,(H,19,20)/t13-,16+/m0/s1. The molecular weight excluding hydrogens is 255 g/mol. The van der Waals surface area contributed by atoms with Crippen LogP contribution in [-0.4, -0.2) is 19.0 Å². The van der Waals surface area contributed by atoms with E-state index in [1.165, 1.54) is 12.5 Å². The highest BCUT2D eigenvalue weighted by atomic mass is 19.1. The minimum Gasteiger partial charge on any atom is -0.351 e. The molecule has 2 atom stereocenters. The third kappa shape index (κ3) is 2.33. The van der Waals surface area contributed by atoms with E-state index >= 15 is 0 Å². The number of amides is 1. The first kappa shape index (κ1) is 13.6. The molecule has 0 spiro atoms. The van der Waals surface area contributed by atoms with Gasteiger partial charge in [-0.05, 0) is 31.4 Å². The van der Waals surface area contributed by atoms with Crippen LogP contribution in [-0.2, 0) is 11.3 Å². The molecule has 2 N–H and O–H groups in total. The molecule has 1 aliphatic carbocycles. The molecule has 2 aliphatic rings. The number of carbonyl (C=O) groups excluding carboxylic acids is 1. The summed E-state index contributed by atoms with van der Waals surface area (Å²) >= 11 is 0. The molecular formula is C16H21FN2O. The van der Waals surface area contributed by atoms with Crippen LogP contribution in [0.2, 0.25) is 0 Å². The van der Waals surface area contributed by atoms with Crippen molar-refractivity contribution in [3.63, 3.8) is 0 Å². The molecule has 0 bridgehead atoms. The van der Waals surface area contributed by atoms with Crippen LogP contribution in [0.1, 0.15) is 31.2 Å². The average molecular weight is 276 g/mol. The summed E-state index contributed by atoms with van der Waals surface area (Å²) in [7, 11) is 0. The second kappa shape index (κ2) is 5.52. The SMILES string of the molecule is O=C(NCc1ccccc1F)[C@@]12CCCC[C@H]1CNC2. The summed E-state index contributed by atoms with van der Waals surface area (Å²) in [5, 5.41) is 6.31. The molecule has 20 heavy (non-hydrogen) atoms. The molecule has 1 aromatic rings. The monoisotopic (exact) mass is 276 g/mol. The van der Waals surface area contributed by atoms with Gasteiger partial charge < -0.3 is 10.6 Å². The molecule has 0 radical (unpaired) electrons. The molecule has 2 fully saturated rings. The highest BCUT2D eigenvalue weighted by Crippen LogP contribution is 2.43. The van der Waals surface area contributed by atoms with Gasteiger partial charge in [-0.15, -0.1) is 0 Å². The minimum atomic E-state index is -0.260. The Morgan fingerprint density at radius 3 is 3.10 bits per heavy atom. The number of hydrogen-bond acceptors (Lipinski definition) is 2. The first-order valence-electron chi connectivity index (χ1n) is 7.45. The zero-order chi connectivity index (χ0) is 14.0. The highest BCUT2D eigenvalue weighted by molar-refractivity contribution is 5.83. The van der Waals surface area contributed by atoms with E-state index in [9.17, 15) is 9.18 Å². The van der Waals surface area contributed by atoms with E-state index in [0.717, 1.165) is 32.4 Å². The Labute approximate surface area is 118 Å². The molecule has 1 saturated carbocycles. The van der Waals surface area contributed by atoms with Crippen molar-refractivity contribution in [2.24, 2.45) is 11.3 Å². The van der Waals surface area contributed by atoms with Crippen LogP contribution < -0.4 is 10.6 Å². The van der Waals surface area contributed by atoms with E-state index in [-0.39, 0.29) is 23.7 Å². The van der Waals surface area contributed by atoms with Crippen LogP contribution in [0.3, 0.4) is 0 Å². The second-order valence-corrected chi connectivity index (χ2v) is 6.00. The van der Waals surface area contributed by atoms with Crippen molar-refractivity contribution in [1.82, 2.24) is 10.6 Å². The van der Waals surface area contributed by atoms with Gasteiger partial charge in [0, 0.05) is 18.7 Å². The Morgan fingerprint density at radius 2 is 2.25 bits per heavy atom. The number of rotatable bonds is 3. The normalized spacial score (nSPS) is 28.9. The van der Waals surface area contributed by atoms with Gasteiger partial charge in [-0.2, -0.15) is 0 Å². The van der Waals surface area contributed by atoms with Crippen LogP contribution in [0.15, 0.2) is 24.3 Å². The van der Waals surface area contributed by atoms with Crippen LogP contribution in [0.5, 0.6) is 0 Å². The molecule has 3 nitrogen and oxygen atoms in total. The van der Waals surface area contributed by atoms with Crippen molar-refractivity contribution in [2.75, 3.05) is 13.1 Å². The lowest BCUT2D eigenvalue weighted by Crippen LogP contribution is -2.47. The quantitative estimate of drug-likeness (QED) is 0.889. The summed E-state index contributed by atoms with van der Waals surface area (Å²) in [4.78, 5) is 12.6. The number of hydrogen-bond donors (Lipinski definition) is 2. The van der Waals surface area contributed by atoms with Gasteiger partial charge in [0.2, 0.25) is 5.91 Å². The Balaban J connectivity index is 1.68. The van der Waals surface area contributed by atoms with Crippen LogP contribution in [0.4, 0.5) is 4.39 Å². The number of nitrogens with one attached hydrogen (secondary N) is 2. The first-order valence-corrected chi connectivity index (χ1v) is 7.45. The van der Waals surface area contributed by atoms with Gasteiger partial charge in [0.25, 0.3) is 0 Å². The zero-order valence-corrected chi connectivity index (χ0v) is 11.6.